The fourth-order valence-electron chi connectivity index (χ4n) is 2.20. The Labute approximate surface area is 126 Å². The molecule has 0 heterocycles. The highest BCUT2D eigenvalue weighted by Gasteiger charge is 2.32. The zero-order valence-electron chi connectivity index (χ0n) is 13.1. The first-order valence-corrected chi connectivity index (χ1v) is 7.95. The number of aryl methyl sites for hydroxylation is 2. The van der Waals surface area contributed by atoms with Crippen LogP contribution < -0.4 is 5.32 Å². The Morgan fingerprint density at radius 2 is 2.10 bits per heavy atom. The van der Waals surface area contributed by atoms with E-state index in [4.69, 9.17) is 4.74 Å². The summed E-state index contributed by atoms with van der Waals surface area (Å²) >= 11 is 1.79. The first-order valence-electron chi connectivity index (χ1n) is 6.96. The summed E-state index contributed by atoms with van der Waals surface area (Å²) in [6, 6.07) is 6.46. The number of methoxy groups -OCH3 is 1. The van der Waals surface area contributed by atoms with Crippen molar-refractivity contribution in [1.82, 2.24) is 5.32 Å². The Bertz CT molecular complexity index is 462. The minimum Gasteiger partial charge on any atom is -0.468 e. The van der Waals surface area contributed by atoms with Crippen LogP contribution in [0.4, 0.5) is 0 Å². The van der Waals surface area contributed by atoms with E-state index in [0.29, 0.717) is 0 Å². The Hall–Kier alpha value is -1.00. The molecule has 1 aromatic carbocycles. The van der Waals surface area contributed by atoms with Crippen molar-refractivity contribution in [3.05, 3.63) is 29.3 Å². The summed E-state index contributed by atoms with van der Waals surface area (Å²) in [4.78, 5) is 13.2. The highest BCUT2D eigenvalue weighted by molar-refractivity contribution is 7.99. The van der Waals surface area contributed by atoms with E-state index in [1.165, 1.54) is 23.1 Å². The third-order valence-electron chi connectivity index (χ3n) is 3.39. The monoisotopic (exact) mass is 295 g/mol. The molecule has 0 aliphatic carbocycles. The summed E-state index contributed by atoms with van der Waals surface area (Å²) in [6.45, 7) is 8.88. The molecule has 0 saturated carbocycles. The number of ether oxygens (including phenoxy) is 1. The van der Waals surface area contributed by atoms with Gasteiger partial charge in [0, 0.05) is 10.6 Å². The number of rotatable bonds is 7. The lowest BCUT2D eigenvalue weighted by Gasteiger charge is -2.27. The van der Waals surface area contributed by atoms with E-state index >= 15 is 0 Å². The molecular weight excluding hydrogens is 270 g/mol. The molecule has 0 spiro atoms. The van der Waals surface area contributed by atoms with Crippen LogP contribution in [0.25, 0.3) is 0 Å². The van der Waals surface area contributed by atoms with Crippen LogP contribution in [-0.2, 0) is 9.53 Å². The first kappa shape index (κ1) is 17.1. The van der Waals surface area contributed by atoms with Crippen molar-refractivity contribution in [1.29, 1.82) is 0 Å². The van der Waals surface area contributed by atoms with Gasteiger partial charge in [-0.2, -0.15) is 0 Å². The predicted molar refractivity (Wildman–Crippen MR) is 85.4 cm³/mol. The topological polar surface area (TPSA) is 38.3 Å². The first-order chi connectivity index (χ1) is 9.42. The maximum absolute atomic E-state index is 11.9. The minimum absolute atomic E-state index is 0.194. The molecule has 20 heavy (non-hydrogen) atoms. The van der Waals surface area contributed by atoms with E-state index in [2.05, 4.69) is 37.4 Å². The molecule has 1 rings (SSSR count). The number of benzene rings is 1. The number of hydrogen-bond acceptors (Lipinski definition) is 4. The SMILES string of the molecule is CCNC(C)(CCSc1ccc(C)cc1C)C(=O)OC. The van der Waals surface area contributed by atoms with Gasteiger partial charge in [0.05, 0.1) is 7.11 Å². The van der Waals surface area contributed by atoms with Gasteiger partial charge in [0.2, 0.25) is 0 Å². The van der Waals surface area contributed by atoms with Crippen LogP contribution in [0.5, 0.6) is 0 Å². The third kappa shape index (κ3) is 4.53. The van der Waals surface area contributed by atoms with Gasteiger partial charge >= 0.3 is 5.97 Å². The largest absolute Gasteiger partial charge is 0.468 e. The highest BCUT2D eigenvalue weighted by Crippen LogP contribution is 2.26. The van der Waals surface area contributed by atoms with E-state index in [1.54, 1.807) is 11.8 Å². The summed E-state index contributed by atoms with van der Waals surface area (Å²) in [7, 11) is 1.44. The Morgan fingerprint density at radius 3 is 2.65 bits per heavy atom. The average molecular weight is 295 g/mol. The third-order valence-corrected chi connectivity index (χ3v) is 4.57. The molecule has 0 bridgehead atoms. The van der Waals surface area contributed by atoms with Crippen molar-refractivity contribution in [2.24, 2.45) is 0 Å². The highest BCUT2D eigenvalue weighted by atomic mass is 32.2. The summed E-state index contributed by atoms with van der Waals surface area (Å²) in [5, 5.41) is 3.23. The summed E-state index contributed by atoms with van der Waals surface area (Å²) in [5.74, 6) is 0.684. The average Bonchev–Trinajstić information content (AvgIpc) is 2.40. The van der Waals surface area contributed by atoms with Crippen LogP contribution in [0.1, 0.15) is 31.4 Å². The molecule has 0 aromatic heterocycles. The fraction of sp³-hybridized carbons (Fsp3) is 0.562. The Balaban J connectivity index is 2.62. The molecule has 0 fully saturated rings. The molecule has 3 nitrogen and oxygen atoms in total. The Morgan fingerprint density at radius 1 is 1.40 bits per heavy atom. The lowest BCUT2D eigenvalue weighted by molar-refractivity contribution is -0.147. The van der Waals surface area contributed by atoms with Gasteiger partial charge in [-0.25, -0.2) is 0 Å². The molecule has 0 amide bonds. The zero-order chi connectivity index (χ0) is 15.2. The quantitative estimate of drug-likeness (QED) is 0.618. The van der Waals surface area contributed by atoms with Crippen LogP contribution in [-0.4, -0.2) is 30.9 Å². The van der Waals surface area contributed by atoms with Gasteiger partial charge in [0.15, 0.2) is 0 Å². The standard InChI is InChI=1S/C16H25NO2S/c1-6-17-16(4,15(18)19-5)9-10-20-14-8-7-12(2)11-13(14)3/h7-8,11,17H,6,9-10H2,1-5H3. The number of thioether (sulfide) groups is 1. The molecule has 0 aliphatic heterocycles. The number of esters is 1. The molecule has 1 aromatic rings. The van der Waals surface area contributed by atoms with E-state index in [1.807, 2.05) is 13.8 Å². The molecule has 112 valence electrons. The molecule has 4 heteroatoms. The maximum atomic E-state index is 11.9. The van der Waals surface area contributed by atoms with Crippen molar-refractivity contribution >= 4 is 17.7 Å². The van der Waals surface area contributed by atoms with Crippen molar-refractivity contribution in [2.45, 2.75) is 44.6 Å². The summed E-state index contributed by atoms with van der Waals surface area (Å²) in [6.07, 6.45) is 0.742. The predicted octanol–water partition coefficient (Wildman–Crippen LogP) is 3.33. The summed E-state index contributed by atoms with van der Waals surface area (Å²) in [5.41, 5.74) is 1.96. The molecule has 1 unspecified atom stereocenters. The maximum Gasteiger partial charge on any atom is 0.325 e. The number of likely N-dealkylation sites (N-methyl/N-ethyl adjacent to an activating group) is 1. The van der Waals surface area contributed by atoms with Crippen molar-refractivity contribution in [3.8, 4) is 0 Å². The molecule has 0 aliphatic rings. The number of nitrogens with one attached hydrogen (secondary N) is 1. The van der Waals surface area contributed by atoms with Gasteiger partial charge in [-0.3, -0.25) is 4.79 Å². The van der Waals surface area contributed by atoms with Gasteiger partial charge in [0.1, 0.15) is 5.54 Å². The van der Waals surface area contributed by atoms with E-state index in [9.17, 15) is 4.79 Å². The second-order valence-corrected chi connectivity index (χ2v) is 6.36. The lowest BCUT2D eigenvalue weighted by Crippen LogP contribution is -2.50. The normalized spacial score (nSPS) is 13.8. The van der Waals surface area contributed by atoms with Gasteiger partial charge in [-0.15, -0.1) is 11.8 Å². The van der Waals surface area contributed by atoms with Crippen molar-refractivity contribution in [3.63, 3.8) is 0 Å². The second-order valence-electron chi connectivity index (χ2n) is 5.22. The number of carbonyl (C=O) groups excluding carboxylic acids is 1. The van der Waals surface area contributed by atoms with Crippen LogP contribution in [0.2, 0.25) is 0 Å². The van der Waals surface area contributed by atoms with Crippen molar-refractivity contribution in [2.75, 3.05) is 19.4 Å². The Kier molecular flexibility index (Phi) is 6.56. The second kappa shape index (κ2) is 7.70. The zero-order valence-corrected chi connectivity index (χ0v) is 13.9. The molecule has 1 atom stereocenters. The van der Waals surface area contributed by atoms with Gasteiger partial charge in [-0.05, 0) is 45.4 Å². The molecular formula is C16H25NO2S. The van der Waals surface area contributed by atoms with E-state index in [-0.39, 0.29) is 5.97 Å². The van der Waals surface area contributed by atoms with Crippen molar-refractivity contribution < 1.29 is 9.53 Å². The number of hydrogen-bond donors (Lipinski definition) is 1. The smallest absolute Gasteiger partial charge is 0.325 e. The molecule has 0 radical (unpaired) electrons. The molecule has 1 N–H and O–H groups in total. The van der Waals surface area contributed by atoms with Crippen LogP contribution in [0.15, 0.2) is 23.1 Å². The van der Waals surface area contributed by atoms with Gasteiger partial charge < -0.3 is 10.1 Å². The number of carbonyl (C=O) groups is 1. The van der Waals surface area contributed by atoms with E-state index in [0.717, 1.165) is 18.7 Å². The van der Waals surface area contributed by atoms with Crippen LogP contribution in [0, 0.1) is 13.8 Å². The summed E-state index contributed by atoms with van der Waals surface area (Å²) < 4.78 is 4.90. The van der Waals surface area contributed by atoms with E-state index < -0.39 is 5.54 Å². The van der Waals surface area contributed by atoms with Crippen LogP contribution >= 0.6 is 11.8 Å². The van der Waals surface area contributed by atoms with Crippen LogP contribution in [0.3, 0.4) is 0 Å². The molecule has 0 saturated heterocycles. The minimum atomic E-state index is -0.602. The van der Waals surface area contributed by atoms with Gasteiger partial charge in [0.25, 0.3) is 0 Å². The lowest BCUT2D eigenvalue weighted by atomic mass is 9.99. The van der Waals surface area contributed by atoms with Gasteiger partial charge in [-0.1, -0.05) is 24.6 Å². The fourth-order valence-corrected chi connectivity index (χ4v) is 3.39.